The van der Waals surface area contributed by atoms with E-state index in [2.05, 4.69) is 24.1 Å². The van der Waals surface area contributed by atoms with E-state index >= 15 is 0 Å². The molecule has 1 aromatic carbocycles. The van der Waals surface area contributed by atoms with Gasteiger partial charge in [0.2, 0.25) is 5.78 Å². The van der Waals surface area contributed by atoms with Crippen LogP contribution in [0, 0.1) is 17.2 Å². The number of aliphatic hydroxyl groups excluding tert-OH is 2. The third-order valence-electron chi connectivity index (χ3n) is 10.1. The van der Waals surface area contributed by atoms with E-state index in [1.165, 1.54) is 19.3 Å². The first kappa shape index (κ1) is 31.0. The van der Waals surface area contributed by atoms with Crippen LogP contribution in [0.2, 0.25) is 0 Å². The zero-order chi connectivity index (χ0) is 31.5. The van der Waals surface area contributed by atoms with Gasteiger partial charge in [-0.1, -0.05) is 19.3 Å². The van der Waals surface area contributed by atoms with Crippen LogP contribution in [-0.4, -0.2) is 87.6 Å². The monoisotopic (exact) mass is 595 g/mol. The highest BCUT2D eigenvalue weighted by Gasteiger charge is 2.63. The van der Waals surface area contributed by atoms with Crippen molar-refractivity contribution in [3.8, 4) is 5.75 Å². The highest BCUT2D eigenvalue weighted by molar-refractivity contribution is 6.34. The molecule has 234 valence electrons. The zero-order valence-electron chi connectivity index (χ0n) is 25.7. The van der Waals surface area contributed by atoms with Gasteiger partial charge in [-0.2, -0.15) is 0 Å². The van der Waals surface area contributed by atoms with E-state index < -0.39 is 58.0 Å². The van der Waals surface area contributed by atoms with Gasteiger partial charge in [-0.3, -0.25) is 14.5 Å². The van der Waals surface area contributed by atoms with E-state index in [4.69, 9.17) is 11.1 Å². The molecule has 0 aliphatic heterocycles. The van der Waals surface area contributed by atoms with Crippen molar-refractivity contribution in [3.05, 3.63) is 39.7 Å². The summed E-state index contributed by atoms with van der Waals surface area (Å²) in [4.78, 5) is 30.2. The number of hydrogen-bond donors (Lipinski definition) is 7. The number of rotatable bonds is 7. The molecule has 4 aliphatic rings. The first-order chi connectivity index (χ1) is 20.2. The van der Waals surface area contributed by atoms with Gasteiger partial charge in [0.15, 0.2) is 5.60 Å². The van der Waals surface area contributed by atoms with Crippen LogP contribution in [0.25, 0.3) is 5.76 Å². The Labute approximate surface area is 252 Å². The van der Waals surface area contributed by atoms with Crippen molar-refractivity contribution in [2.24, 2.45) is 17.6 Å². The molecule has 0 heterocycles. The molecular weight excluding hydrogens is 550 g/mol. The zero-order valence-corrected chi connectivity index (χ0v) is 25.7. The summed E-state index contributed by atoms with van der Waals surface area (Å²) in [6, 6.07) is 1.17. The quantitative estimate of drug-likeness (QED) is 0.249. The second kappa shape index (κ2) is 11.3. The van der Waals surface area contributed by atoms with Gasteiger partial charge in [0.05, 0.1) is 17.3 Å². The molecule has 0 saturated heterocycles. The summed E-state index contributed by atoms with van der Waals surface area (Å²) in [5.74, 6) is -4.64. The van der Waals surface area contributed by atoms with Gasteiger partial charge >= 0.3 is 0 Å². The highest BCUT2D eigenvalue weighted by Crippen LogP contribution is 2.53. The molecule has 0 aromatic heterocycles. The number of ketones is 1. The molecule has 1 amide bonds. The lowest BCUT2D eigenvalue weighted by Gasteiger charge is -2.51. The molecule has 0 radical (unpaired) electrons. The smallest absolute Gasteiger partial charge is 0.254 e. The fourth-order valence-corrected chi connectivity index (χ4v) is 7.82. The van der Waals surface area contributed by atoms with Crippen molar-refractivity contribution >= 4 is 28.8 Å². The Bertz CT molecular complexity index is 1430. The molecule has 4 atom stereocenters. The Hall–Kier alpha value is -3.41. The van der Waals surface area contributed by atoms with Crippen LogP contribution in [0.4, 0.5) is 5.69 Å². The molecule has 2 fully saturated rings. The predicted octanol–water partition coefficient (Wildman–Crippen LogP) is 2.68. The lowest BCUT2D eigenvalue weighted by molar-refractivity contribution is -0.138. The number of phenols is 1. The van der Waals surface area contributed by atoms with Crippen molar-refractivity contribution in [1.29, 1.82) is 5.41 Å². The van der Waals surface area contributed by atoms with Gasteiger partial charge in [0.25, 0.3) is 5.91 Å². The normalized spacial score (nSPS) is 27.9. The molecule has 0 unspecified atom stereocenters. The van der Waals surface area contributed by atoms with Crippen molar-refractivity contribution in [3.63, 3.8) is 0 Å². The SMILES string of the molecule is CC(C)N(C)c1c(CNC2CCCCC2)cc(O)c2c1C[C@H]1C[C@H]3[C@H](N(C)C)C(O)=C(C(N)=O)C(=N)[C@@]3(O)C(=O)C1=C2O. The maximum absolute atomic E-state index is 14.2. The van der Waals surface area contributed by atoms with Crippen molar-refractivity contribution in [1.82, 2.24) is 10.2 Å². The maximum Gasteiger partial charge on any atom is 0.254 e. The molecule has 2 saturated carbocycles. The molecule has 43 heavy (non-hydrogen) atoms. The number of benzene rings is 1. The van der Waals surface area contributed by atoms with Crippen LogP contribution in [-0.2, 0) is 22.6 Å². The van der Waals surface area contributed by atoms with E-state index in [0.29, 0.717) is 24.6 Å². The van der Waals surface area contributed by atoms with Crippen molar-refractivity contribution in [2.75, 3.05) is 26.0 Å². The first-order valence-electron chi connectivity index (χ1n) is 15.2. The van der Waals surface area contributed by atoms with Gasteiger partial charge in [0, 0.05) is 42.9 Å². The van der Waals surface area contributed by atoms with Gasteiger partial charge < -0.3 is 41.8 Å². The predicted molar refractivity (Wildman–Crippen MR) is 164 cm³/mol. The third-order valence-corrected chi connectivity index (χ3v) is 10.1. The van der Waals surface area contributed by atoms with E-state index in [9.17, 15) is 30.0 Å². The number of likely N-dealkylation sites (N-methyl/N-ethyl adjacent to an activating group) is 1. The lowest BCUT2D eigenvalue weighted by Crippen LogP contribution is -2.67. The fourth-order valence-electron chi connectivity index (χ4n) is 7.82. The number of carbonyl (C=O) groups excluding carboxylic acids is 2. The van der Waals surface area contributed by atoms with Gasteiger partial charge in [-0.05, 0) is 76.7 Å². The summed E-state index contributed by atoms with van der Waals surface area (Å²) in [5.41, 5.74) is 4.17. The Morgan fingerprint density at radius 2 is 1.81 bits per heavy atom. The van der Waals surface area contributed by atoms with E-state index in [1.54, 1.807) is 25.1 Å². The van der Waals surface area contributed by atoms with Gasteiger partial charge in [-0.15, -0.1) is 0 Å². The molecule has 0 bridgehead atoms. The van der Waals surface area contributed by atoms with Crippen LogP contribution in [0.1, 0.15) is 69.1 Å². The number of carbonyl (C=O) groups is 2. The van der Waals surface area contributed by atoms with Crippen LogP contribution in [0.3, 0.4) is 0 Å². The Morgan fingerprint density at radius 3 is 2.40 bits per heavy atom. The fraction of sp³-hybridized carbons (Fsp3) is 0.594. The number of amides is 1. The number of Topliss-reactive ketones (excluding diaryl/α,β-unsaturated/α-hetero) is 1. The number of nitrogens with two attached hydrogens (primary N) is 1. The summed E-state index contributed by atoms with van der Waals surface area (Å²) in [5, 5.41) is 58.3. The minimum atomic E-state index is -2.50. The van der Waals surface area contributed by atoms with Crippen LogP contribution in [0.5, 0.6) is 5.75 Å². The maximum atomic E-state index is 14.2. The number of aliphatic hydroxyl groups is 3. The molecule has 11 heteroatoms. The van der Waals surface area contributed by atoms with E-state index in [1.807, 2.05) is 7.05 Å². The number of phenolic OH excluding ortho intramolecular Hbond substituents is 1. The second-order valence-electron chi connectivity index (χ2n) is 13.2. The number of nitrogens with zero attached hydrogens (tertiary/aromatic N) is 2. The van der Waals surface area contributed by atoms with Gasteiger partial charge in [-0.25, -0.2) is 0 Å². The molecule has 8 N–H and O–H groups in total. The van der Waals surface area contributed by atoms with Gasteiger partial charge in [0.1, 0.15) is 22.8 Å². The summed E-state index contributed by atoms with van der Waals surface area (Å²) in [7, 11) is 5.27. The molecule has 4 aliphatic carbocycles. The Kier molecular flexibility index (Phi) is 8.12. The molecule has 11 nitrogen and oxygen atoms in total. The summed E-state index contributed by atoms with van der Waals surface area (Å²) in [6.07, 6.45) is 6.27. The Balaban J connectivity index is 1.65. The van der Waals surface area contributed by atoms with E-state index in [-0.39, 0.29) is 29.3 Å². The highest BCUT2D eigenvalue weighted by atomic mass is 16.3. The number of nitrogens with one attached hydrogen (secondary N) is 2. The van der Waals surface area contributed by atoms with Crippen molar-refractivity contribution < 1.29 is 30.0 Å². The molecule has 1 aromatic rings. The summed E-state index contributed by atoms with van der Waals surface area (Å²) in [6.45, 7) is 4.66. The standard InChI is InChI=1S/C32H45N5O6/c1-15(2)37(5)25-17(14-35-18-9-7-6-8-10-18)13-21(38)23-19(25)11-16-12-20-26(36(3)4)28(40)24(31(34)42)29(33)32(20,43)30(41)22(16)27(23)39/h13,15-16,18,20,26,33,35,38-40,43H,6-12,14H2,1-5H3,(H2,34,42)/t16-,20-,26-,32+/m0/s1. The second-order valence-corrected chi connectivity index (χ2v) is 13.2. The first-order valence-corrected chi connectivity index (χ1v) is 15.2. The third kappa shape index (κ3) is 4.81. The van der Waals surface area contributed by atoms with E-state index in [0.717, 1.165) is 24.1 Å². The number of anilines is 1. The topological polar surface area (TPSA) is 183 Å². The average molecular weight is 596 g/mol. The molecular formula is C32H45N5O6. The molecule has 0 spiro atoms. The lowest BCUT2D eigenvalue weighted by atomic mass is 9.56. The molecule has 5 rings (SSSR count). The number of hydrogen-bond acceptors (Lipinski definition) is 10. The minimum absolute atomic E-state index is 0.0831. The average Bonchev–Trinajstić information content (AvgIpc) is 2.93. The number of primary amides is 1. The van der Waals surface area contributed by atoms with Crippen molar-refractivity contribution in [2.45, 2.75) is 89.1 Å². The van der Waals surface area contributed by atoms with Crippen LogP contribution < -0.4 is 16.0 Å². The minimum Gasteiger partial charge on any atom is -0.510 e. The van der Waals surface area contributed by atoms with Crippen LogP contribution in [0.15, 0.2) is 23.0 Å². The van der Waals surface area contributed by atoms with Crippen LogP contribution >= 0.6 is 0 Å². The number of aromatic hydroxyl groups is 1. The largest absolute Gasteiger partial charge is 0.510 e. The Morgan fingerprint density at radius 1 is 1.16 bits per heavy atom. The summed E-state index contributed by atoms with van der Waals surface area (Å²) < 4.78 is 0. The summed E-state index contributed by atoms with van der Waals surface area (Å²) >= 11 is 0. The number of fused-ring (bicyclic) bond motifs is 3.